The molecule has 2 aliphatic heterocycles. The molecule has 1 unspecified atom stereocenters. The van der Waals surface area contributed by atoms with Crippen LogP contribution >= 0.6 is 24.8 Å². The molecule has 1 aromatic heterocycles. The van der Waals surface area contributed by atoms with Crippen LogP contribution in [-0.2, 0) is 22.6 Å². The van der Waals surface area contributed by atoms with Gasteiger partial charge < -0.3 is 23.5 Å². The van der Waals surface area contributed by atoms with E-state index in [-0.39, 0.29) is 37.3 Å². The Bertz CT molecular complexity index is 1380. The van der Waals surface area contributed by atoms with Crippen LogP contribution in [0.25, 0.3) is 12.2 Å². The zero-order valence-corrected chi connectivity index (χ0v) is 26.7. The lowest BCUT2D eigenvalue weighted by Crippen LogP contribution is -2.47. The van der Waals surface area contributed by atoms with Crippen LogP contribution in [0.1, 0.15) is 36.1 Å². The number of carbonyl (C=O) groups excluding carboxylic acids is 2. The maximum atomic E-state index is 12.9. The summed E-state index contributed by atoms with van der Waals surface area (Å²) in [6.07, 6.45) is 4.97. The van der Waals surface area contributed by atoms with E-state index in [9.17, 15) is 9.59 Å². The molecule has 0 radical (unpaired) electrons. The molecule has 0 N–H and O–H groups in total. The fourth-order valence-electron chi connectivity index (χ4n) is 4.94. The number of amides is 2. The summed E-state index contributed by atoms with van der Waals surface area (Å²) in [4.78, 5) is 35.6. The second-order valence-corrected chi connectivity index (χ2v) is 10.5. The molecular formula is C32H40Cl2N4O6. The van der Waals surface area contributed by atoms with Gasteiger partial charge in [-0.05, 0) is 56.1 Å². The van der Waals surface area contributed by atoms with E-state index >= 15 is 0 Å². The van der Waals surface area contributed by atoms with Crippen LogP contribution in [0.4, 0.5) is 4.79 Å². The molecule has 3 heterocycles. The number of imide groups is 1. The van der Waals surface area contributed by atoms with Crippen molar-refractivity contribution in [3.8, 4) is 11.5 Å². The van der Waals surface area contributed by atoms with Gasteiger partial charge in [-0.2, -0.15) is 0 Å². The Morgan fingerprint density at radius 2 is 1.73 bits per heavy atom. The third-order valence-corrected chi connectivity index (χ3v) is 7.41. The summed E-state index contributed by atoms with van der Waals surface area (Å²) in [5.74, 6) is 1.43. The smallest absolute Gasteiger partial charge is 0.417 e. The minimum atomic E-state index is -0.770. The molecule has 2 fully saturated rings. The lowest BCUT2D eigenvalue weighted by Gasteiger charge is -2.32. The Morgan fingerprint density at radius 1 is 0.955 bits per heavy atom. The highest BCUT2D eigenvalue weighted by Gasteiger charge is 2.40. The monoisotopic (exact) mass is 646 g/mol. The number of aryl methyl sites for hydroxylation is 1. The van der Waals surface area contributed by atoms with E-state index in [1.165, 1.54) is 4.90 Å². The number of halogens is 2. The van der Waals surface area contributed by atoms with Crippen LogP contribution in [0.15, 0.2) is 59.2 Å². The molecule has 2 aliphatic rings. The molecule has 2 saturated heterocycles. The highest BCUT2D eigenvalue weighted by molar-refractivity contribution is 6.00. The zero-order valence-electron chi connectivity index (χ0n) is 25.1. The van der Waals surface area contributed by atoms with Crippen LogP contribution in [0.3, 0.4) is 0 Å². The summed E-state index contributed by atoms with van der Waals surface area (Å²) in [5, 5.41) is 0. The number of hydrogen-bond acceptors (Lipinski definition) is 9. The number of piperazine rings is 1. The number of rotatable bonds is 13. The van der Waals surface area contributed by atoms with Gasteiger partial charge >= 0.3 is 6.09 Å². The molecule has 3 aromatic rings. The molecule has 0 aliphatic carbocycles. The molecule has 0 bridgehead atoms. The van der Waals surface area contributed by atoms with E-state index in [1.807, 2.05) is 67.6 Å². The van der Waals surface area contributed by atoms with Gasteiger partial charge in [0, 0.05) is 45.3 Å². The molecule has 44 heavy (non-hydrogen) atoms. The number of nitrogens with zero attached hydrogens (tertiary/aromatic N) is 4. The fraction of sp³-hybridized carbons (Fsp3) is 0.406. The zero-order chi connectivity index (χ0) is 29.3. The molecule has 0 spiro atoms. The van der Waals surface area contributed by atoms with E-state index in [0.717, 1.165) is 37.3 Å². The Balaban J connectivity index is 0.00000264. The first-order chi connectivity index (χ1) is 20.5. The molecule has 0 saturated carbocycles. The maximum absolute atomic E-state index is 12.9. The predicted molar refractivity (Wildman–Crippen MR) is 173 cm³/mol. The average Bonchev–Trinajstić information content (AvgIpc) is 3.57. The number of cyclic esters (lactones) is 1. The van der Waals surface area contributed by atoms with Crippen molar-refractivity contribution >= 4 is 49.0 Å². The first-order valence-corrected chi connectivity index (χ1v) is 14.5. The van der Waals surface area contributed by atoms with Crippen LogP contribution in [0.2, 0.25) is 0 Å². The van der Waals surface area contributed by atoms with Crippen molar-refractivity contribution in [3.05, 3.63) is 77.5 Å². The fourth-order valence-corrected chi connectivity index (χ4v) is 4.94. The second kappa shape index (κ2) is 17.1. The second-order valence-electron chi connectivity index (χ2n) is 10.5. The molecule has 238 valence electrons. The summed E-state index contributed by atoms with van der Waals surface area (Å²) in [5.41, 5.74) is 2.68. The van der Waals surface area contributed by atoms with Crippen molar-refractivity contribution in [3.63, 3.8) is 0 Å². The number of carbonyl (C=O) groups is 2. The van der Waals surface area contributed by atoms with Crippen LogP contribution in [0.5, 0.6) is 11.5 Å². The minimum absolute atomic E-state index is 0. The minimum Gasteiger partial charge on any atom is -0.490 e. The van der Waals surface area contributed by atoms with E-state index < -0.39 is 12.2 Å². The summed E-state index contributed by atoms with van der Waals surface area (Å²) in [6.45, 7) is 7.47. The number of benzene rings is 2. The third kappa shape index (κ3) is 9.46. The number of hydrogen-bond donors (Lipinski definition) is 0. The summed E-state index contributed by atoms with van der Waals surface area (Å²) in [6, 6.07) is 15.6. The van der Waals surface area contributed by atoms with E-state index in [4.69, 9.17) is 18.6 Å². The lowest BCUT2D eigenvalue weighted by atomic mass is 10.1. The van der Waals surface area contributed by atoms with E-state index in [0.29, 0.717) is 55.6 Å². The topological polar surface area (TPSA) is 97.6 Å². The van der Waals surface area contributed by atoms with Gasteiger partial charge in [0.1, 0.15) is 18.6 Å². The lowest BCUT2D eigenvalue weighted by molar-refractivity contribution is -0.130. The summed E-state index contributed by atoms with van der Waals surface area (Å²) in [7, 11) is 2.10. The standard InChI is InChI=1S/C32H38N4O6.2ClH/c1-3-39-29-21-25(10-13-28-31(37)36(32(38)42-28)20-19-35-17-15-34(2)16-18-35)9-12-27(29)40-22-26-23-41-30(33-26)14-11-24-7-5-4-6-8-24;;/h4-9,11-12,14,21,23,28H,3,10,13,15-20,22H2,1-2H3;2*1H/b14-11+;;. The highest BCUT2D eigenvalue weighted by Crippen LogP contribution is 2.30. The highest BCUT2D eigenvalue weighted by atomic mass is 35.5. The first kappa shape index (κ1) is 34.9. The molecular weight excluding hydrogens is 607 g/mol. The Kier molecular flexibility index (Phi) is 13.5. The predicted octanol–water partition coefficient (Wildman–Crippen LogP) is 5.19. The first-order valence-electron chi connectivity index (χ1n) is 14.5. The van der Waals surface area contributed by atoms with E-state index in [1.54, 1.807) is 6.26 Å². The van der Waals surface area contributed by atoms with Gasteiger partial charge in [-0.15, -0.1) is 24.8 Å². The average molecular weight is 648 g/mol. The van der Waals surface area contributed by atoms with E-state index in [2.05, 4.69) is 21.8 Å². The number of likely N-dealkylation sites (N-methyl/N-ethyl adjacent to an activating group) is 1. The third-order valence-electron chi connectivity index (χ3n) is 7.41. The van der Waals surface area contributed by atoms with Gasteiger partial charge in [0.2, 0.25) is 5.89 Å². The summed E-state index contributed by atoms with van der Waals surface area (Å²) < 4.78 is 22.8. The number of ether oxygens (including phenoxy) is 3. The van der Waals surface area contributed by atoms with Gasteiger partial charge in [-0.1, -0.05) is 36.4 Å². The van der Waals surface area contributed by atoms with Crippen molar-refractivity contribution in [1.82, 2.24) is 19.7 Å². The van der Waals surface area contributed by atoms with Crippen LogP contribution in [-0.4, -0.2) is 90.7 Å². The Morgan fingerprint density at radius 3 is 2.48 bits per heavy atom. The van der Waals surface area contributed by atoms with Gasteiger partial charge in [0.15, 0.2) is 17.6 Å². The Labute approximate surface area is 270 Å². The van der Waals surface area contributed by atoms with Crippen molar-refractivity contribution in [2.75, 3.05) is 52.9 Å². The van der Waals surface area contributed by atoms with Crippen molar-refractivity contribution in [2.45, 2.75) is 32.5 Å². The van der Waals surface area contributed by atoms with Gasteiger partial charge in [-0.3, -0.25) is 9.69 Å². The largest absolute Gasteiger partial charge is 0.490 e. The van der Waals surface area contributed by atoms with Gasteiger partial charge in [-0.25, -0.2) is 14.7 Å². The van der Waals surface area contributed by atoms with Gasteiger partial charge in [0.25, 0.3) is 5.91 Å². The molecule has 1 atom stereocenters. The van der Waals surface area contributed by atoms with Crippen molar-refractivity contribution < 1.29 is 28.2 Å². The molecule has 2 amide bonds. The quantitative estimate of drug-likeness (QED) is 0.248. The normalized spacial score (nSPS) is 17.3. The van der Waals surface area contributed by atoms with Crippen LogP contribution < -0.4 is 9.47 Å². The Hall–Kier alpha value is -3.57. The molecule has 2 aromatic carbocycles. The SMILES string of the molecule is CCOc1cc(CCC2OC(=O)N(CCN3CCN(C)CC3)C2=O)ccc1OCc1coc(/C=C/c2ccccc2)n1.Cl.Cl. The number of oxazole rings is 1. The number of aromatic nitrogens is 1. The van der Waals surface area contributed by atoms with Crippen LogP contribution in [0, 0.1) is 0 Å². The molecule has 12 heteroatoms. The summed E-state index contributed by atoms with van der Waals surface area (Å²) >= 11 is 0. The van der Waals surface area contributed by atoms with Crippen molar-refractivity contribution in [1.29, 1.82) is 0 Å². The van der Waals surface area contributed by atoms with Crippen molar-refractivity contribution in [2.24, 2.45) is 0 Å². The maximum Gasteiger partial charge on any atom is 0.417 e. The van der Waals surface area contributed by atoms with Gasteiger partial charge in [0.05, 0.1) is 6.61 Å². The molecule has 10 nitrogen and oxygen atoms in total. The molecule has 5 rings (SSSR count).